The molecule has 0 aliphatic heterocycles. The van der Waals surface area contributed by atoms with Crippen LogP contribution in [0.1, 0.15) is 25.7 Å². The second-order valence-electron chi connectivity index (χ2n) is 4.64. The normalized spacial score (nSPS) is 12.0. The van der Waals surface area contributed by atoms with Gasteiger partial charge < -0.3 is 15.2 Å². The zero-order valence-corrected chi connectivity index (χ0v) is 11.6. The second kappa shape index (κ2) is 5.73. The molecule has 2 N–H and O–H groups in total. The van der Waals surface area contributed by atoms with Gasteiger partial charge in [0.25, 0.3) is 0 Å². The highest BCUT2D eigenvalue weighted by atomic mass is 19.1. The van der Waals surface area contributed by atoms with Crippen LogP contribution in [0, 0.1) is 5.82 Å². The first kappa shape index (κ1) is 14.0. The Labute approximate surface area is 116 Å². The van der Waals surface area contributed by atoms with Gasteiger partial charge in [-0.05, 0) is 25.1 Å². The van der Waals surface area contributed by atoms with Gasteiger partial charge in [0.2, 0.25) is 5.91 Å². The molecule has 1 heterocycles. The summed E-state index contributed by atoms with van der Waals surface area (Å²) in [6.07, 6.45) is 3.52. The number of aromatic nitrogens is 2. The fraction of sp³-hybridized carbons (Fsp3) is 0.286. The molecule has 0 aliphatic carbocycles. The molecule has 5 nitrogen and oxygen atoms in total. The predicted molar refractivity (Wildman–Crippen MR) is 75.9 cm³/mol. The van der Waals surface area contributed by atoms with Crippen molar-refractivity contribution >= 4 is 17.3 Å². The summed E-state index contributed by atoms with van der Waals surface area (Å²) in [5.74, 6) is 0.231. The van der Waals surface area contributed by atoms with Gasteiger partial charge in [-0.25, -0.2) is 9.37 Å². The number of halogens is 1. The van der Waals surface area contributed by atoms with Crippen molar-refractivity contribution in [2.75, 3.05) is 10.6 Å². The number of carbonyl (C=O) groups is 1. The highest BCUT2D eigenvalue weighted by Gasteiger charge is 2.13. The Hall–Kier alpha value is -2.37. The minimum atomic E-state index is -0.375. The van der Waals surface area contributed by atoms with Crippen LogP contribution in [0.4, 0.5) is 15.8 Å². The standard InChI is InChI=1S/C14H17FN4O/c1-9(14-16-6-7-19(14)3)17-13-8-11(18-10(2)20)4-5-12(13)15/h4-9,17H,1-3H3,(H,18,20). The van der Waals surface area contributed by atoms with Crippen molar-refractivity contribution in [2.45, 2.75) is 19.9 Å². The Morgan fingerprint density at radius 1 is 1.45 bits per heavy atom. The van der Waals surface area contributed by atoms with Crippen LogP contribution in [0.15, 0.2) is 30.6 Å². The second-order valence-corrected chi connectivity index (χ2v) is 4.64. The lowest BCUT2D eigenvalue weighted by Gasteiger charge is -2.16. The van der Waals surface area contributed by atoms with Crippen molar-refractivity contribution in [1.82, 2.24) is 9.55 Å². The van der Waals surface area contributed by atoms with Crippen LogP contribution in [0.3, 0.4) is 0 Å². The number of nitrogens with zero attached hydrogens (tertiary/aromatic N) is 2. The summed E-state index contributed by atoms with van der Waals surface area (Å²) in [5.41, 5.74) is 0.875. The van der Waals surface area contributed by atoms with Gasteiger partial charge in [0.05, 0.1) is 11.7 Å². The lowest BCUT2D eigenvalue weighted by atomic mass is 10.2. The third-order valence-corrected chi connectivity index (χ3v) is 2.90. The molecular formula is C14H17FN4O. The van der Waals surface area contributed by atoms with Crippen LogP contribution in [-0.4, -0.2) is 15.5 Å². The van der Waals surface area contributed by atoms with Crippen molar-refractivity contribution in [1.29, 1.82) is 0 Å². The van der Waals surface area contributed by atoms with Gasteiger partial charge in [-0.3, -0.25) is 4.79 Å². The number of hydrogen-bond acceptors (Lipinski definition) is 3. The van der Waals surface area contributed by atoms with Crippen LogP contribution in [0.5, 0.6) is 0 Å². The molecule has 1 atom stereocenters. The van der Waals surface area contributed by atoms with Gasteiger partial charge in [-0.1, -0.05) is 0 Å². The molecule has 20 heavy (non-hydrogen) atoms. The molecule has 0 radical (unpaired) electrons. The third-order valence-electron chi connectivity index (χ3n) is 2.90. The molecule has 1 amide bonds. The molecule has 1 aromatic carbocycles. The SMILES string of the molecule is CC(=O)Nc1ccc(F)c(NC(C)c2nccn2C)c1. The summed E-state index contributed by atoms with van der Waals surface area (Å²) in [5, 5.41) is 5.68. The highest BCUT2D eigenvalue weighted by Crippen LogP contribution is 2.24. The molecule has 0 fully saturated rings. The van der Waals surface area contributed by atoms with Gasteiger partial charge in [-0.2, -0.15) is 0 Å². The summed E-state index contributed by atoms with van der Waals surface area (Å²) in [6, 6.07) is 4.25. The topological polar surface area (TPSA) is 59.0 Å². The Morgan fingerprint density at radius 3 is 2.80 bits per heavy atom. The molecule has 0 bridgehead atoms. The summed E-state index contributed by atoms with van der Waals surface area (Å²) < 4.78 is 15.7. The lowest BCUT2D eigenvalue weighted by molar-refractivity contribution is -0.114. The lowest BCUT2D eigenvalue weighted by Crippen LogP contribution is -2.13. The minimum Gasteiger partial charge on any atom is -0.373 e. The van der Waals surface area contributed by atoms with Gasteiger partial charge >= 0.3 is 0 Å². The van der Waals surface area contributed by atoms with Crippen molar-refractivity contribution in [2.24, 2.45) is 7.05 Å². The van der Waals surface area contributed by atoms with Crippen LogP contribution >= 0.6 is 0 Å². The molecule has 6 heteroatoms. The number of carbonyl (C=O) groups excluding carboxylic acids is 1. The minimum absolute atomic E-state index is 0.155. The number of nitrogens with one attached hydrogen (secondary N) is 2. The van der Waals surface area contributed by atoms with Gasteiger partial charge in [0.1, 0.15) is 11.6 Å². The number of hydrogen-bond donors (Lipinski definition) is 2. The Balaban J connectivity index is 2.20. The first-order valence-corrected chi connectivity index (χ1v) is 6.28. The van der Waals surface area contributed by atoms with E-state index < -0.39 is 0 Å². The summed E-state index contributed by atoms with van der Waals surface area (Å²) in [4.78, 5) is 15.2. The Bertz CT molecular complexity index is 623. The maximum absolute atomic E-state index is 13.8. The fourth-order valence-corrected chi connectivity index (χ4v) is 2.01. The first-order valence-electron chi connectivity index (χ1n) is 6.28. The van der Waals surface area contributed by atoms with E-state index in [1.165, 1.54) is 19.1 Å². The van der Waals surface area contributed by atoms with E-state index in [1.54, 1.807) is 12.3 Å². The van der Waals surface area contributed by atoms with E-state index >= 15 is 0 Å². The van der Waals surface area contributed by atoms with E-state index in [2.05, 4.69) is 15.6 Å². The van der Waals surface area contributed by atoms with Gasteiger partial charge in [0, 0.05) is 32.1 Å². The number of anilines is 2. The Kier molecular flexibility index (Phi) is 4.02. The molecule has 1 aromatic heterocycles. The molecule has 2 rings (SSSR count). The quantitative estimate of drug-likeness (QED) is 0.902. The van der Waals surface area contributed by atoms with E-state index in [4.69, 9.17) is 0 Å². The van der Waals surface area contributed by atoms with E-state index in [1.807, 2.05) is 24.7 Å². The summed E-state index contributed by atoms with van der Waals surface area (Å²) in [7, 11) is 1.88. The zero-order valence-electron chi connectivity index (χ0n) is 11.6. The van der Waals surface area contributed by atoms with E-state index in [9.17, 15) is 9.18 Å². The maximum Gasteiger partial charge on any atom is 0.221 e. The largest absolute Gasteiger partial charge is 0.373 e. The van der Waals surface area contributed by atoms with Crippen LogP contribution in [0.25, 0.3) is 0 Å². The van der Waals surface area contributed by atoms with Crippen LogP contribution < -0.4 is 10.6 Å². The number of amides is 1. The fourth-order valence-electron chi connectivity index (χ4n) is 2.01. The molecule has 2 aromatic rings. The zero-order chi connectivity index (χ0) is 14.7. The first-order chi connectivity index (χ1) is 9.47. The molecule has 0 saturated heterocycles. The molecule has 0 spiro atoms. The molecular weight excluding hydrogens is 259 g/mol. The van der Waals surface area contributed by atoms with Crippen molar-refractivity contribution < 1.29 is 9.18 Å². The van der Waals surface area contributed by atoms with Crippen molar-refractivity contribution in [3.63, 3.8) is 0 Å². The summed E-state index contributed by atoms with van der Waals surface area (Å²) >= 11 is 0. The predicted octanol–water partition coefficient (Wildman–Crippen LogP) is 2.69. The summed E-state index contributed by atoms with van der Waals surface area (Å²) in [6.45, 7) is 3.31. The highest BCUT2D eigenvalue weighted by molar-refractivity contribution is 5.89. The number of rotatable bonds is 4. The monoisotopic (exact) mass is 276 g/mol. The molecule has 1 unspecified atom stereocenters. The van der Waals surface area contributed by atoms with Crippen LogP contribution in [0.2, 0.25) is 0 Å². The van der Waals surface area contributed by atoms with Crippen molar-refractivity contribution in [3.05, 3.63) is 42.2 Å². The average molecular weight is 276 g/mol. The average Bonchev–Trinajstić information content (AvgIpc) is 2.79. The van der Waals surface area contributed by atoms with Gasteiger partial charge in [0.15, 0.2) is 0 Å². The van der Waals surface area contributed by atoms with Crippen LogP contribution in [-0.2, 0) is 11.8 Å². The number of imidazole rings is 1. The maximum atomic E-state index is 13.8. The van der Waals surface area contributed by atoms with Crippen molar-refractivity contribution in [3.8, 4) is 0 Å². The van der Waals surface area contributed by atoms with Gasteiger partial charge in [-0.15, -0.1) is 0 Å². The van der Waals surface area contributed by atoms with E-state index in [0.717, 1.165) is 5.82 Å². The van der Waals surface area contributed by atoms with E-state index in [0.29, 0.717) is 11.4 Å². The third kappa shape index (κ3) is 3.14. The molecule has 0 saturated carbocycles. The number of benzene rings is 1. The van der Waals surface area contributed by atoms with E-state index in [-0.39, 0.29) is 17.8 Å². The molecule has 106 valence electrons. The number of aryl methyl sites for hydroxylation is 1. The molecule has 0 aliphatic rings. The Morgan fingerprint density at radius 2 is 2.20 bits per heavy atom. The smallest absolute Gasteiger partial charge is 0.221 e.